The Kier molecular flexibility index (Phi) is 4.57. The summed E-state index contributed by atoms with van der Waals surface area (Å²) in [6.45, 7) is 5.65. The number of rotatable bonds is 3. The van der Waals surface area contributed by atoms with E-state index in [4.69, 9.17) is 0 Å². The smallest absolute Gasteiger partial charge is 0.230 e. The highest BCUT2D eigenvalue weighted by atomic mass is 16.3. The van der Waals surface area contributed by atoms with Crippen molar-refractivity contribution in [1.29, 1.82) is 0 Å². The van der Waals surface area contributed by atoms with Crippen LogP contribution in [0, 0.1) is 0 Å². The van der Waals surface area contributed by atoms with Crippen LogP contribution in [-0.2, 0) is 15.6 Å². The number of hydrogen-bond donors (Lipinski definition) is 3. The molecule has 0 saturated carbocycles. The van der Waals surface area contributed by atoms with Crippen LogP contribution in [0.5, 0.6) is 0 Å². The Morgan fingerprint density at radius 1 is 1.07 bits per heavy atom. The quantitative estimate of drug-likeness (QED) is 0.785. The van der Waals surface area contributed by atoms with E-state index in [1.54, 1.807) is 0 Å². The lowest BCUT2D eigenvalue weighted by atomic mass is 9.72. The SMILES string of the molecule is CC(C)(C(=O)NC1c2ccccc2C2(CCNCC2)C1O)c1ccccc1. The van der Waals surface area contributed by atoms with Crippen LogP contribution >= 0.6 is 0 Å². The van der Waals surface area contributed by atoms with Gasteiger partial charge in [-0.2, -0.15) is 0 Å². The molecule has 4 rings (SSSR count). The molecular formula is C23H28N2O2. The molecule has 2 aromatic carbocycles. The van der Waals surface area contributed by atoms with Gasteiger partial charge in [-0.3, -0.25) is 4.79 Å². The molecule has 0 bridgehead atoms. The number of piperidine rings is 1. The van der Waals surface area contributed by atoms with E-state index in [9.17, 15) is 9.90 Å². The van der Waals surface area contributed by atoms with Crippen molar-refractivity contribution in [2.24, 2.45) is 0 Å². The third kappa shape index (κ3) is 2.88. The highest BCUT2D eigenvalue weighted by Crippen LogP contribution is 2.50. The molecule has 2 aliphatic rings. The Bertz CT molecular complexity index is 825. The molecule has 2 unspecified atom stereocenters. The van der Waals surface area contributed by atoms with Gasteiger partial charge in [-0.05, 0) is 56.5 Å². The van der Waals surface area contributed by atoms with Gasteiger partial charge in [-0.25, -0.2) is 0 Å². The van der Waals surface area contributed by atoms with Crippen molar-refractivity contribution < 1.29 is 9.90 Å². The van der Waals surface area contributed by atoms with Crippen LogP contribution in [-0.4, -0.2) is 30.2 Å². The normalized spacial score (nSPS) is 23.8. The predicted molar refractivity (Wildman–Crippen MR) is 107 cm³/mol. The van der Waals surface area contributed by atoms with E-state index in [-0.39, 0.29) is 17.4 Å². The van der Waals surface area contributed by atoms with Crippen LogP contribution in [0.25, 0.3) is 0 Å². The standard InChI is InChI=1S/C23H28N2O2/c1-22(2,16-8-4-3-5-9-16)21(27)25-19-17-10-6-7-11-18(17)23(20(19)26)12-14-24-15-13-23/h3-11,19-20,24,26H,12-15H2,1-2H3,(H,25,27). The molecule has 0 aromatic heterocycles. The molecule has 1 aliphatic heterocycles. The maximum Gasteiger partial charge on any atom is 0.230 e. The summed E-state index contributed by atoms with van der Waals surface area (Å²) in [5.74, 6) is -0.0569. The zero-order valence-electron chi connectivity index (χ0n) is 16.0. The largest absolute Gasteiger partial charge is 0.390 e. The Morgan fingerprint density at radius 2 is 1.70 bits per heavy atom. The van der Waals surface area contributed by atoms with Gasteiger partial charge in [-0.15, -0.1) is 0 Å². The van der Waals surface area contributed by atoms with Crippen molar-refractivity contribution in [2.75, 3.05) is 13.1 Å². The molecule has 4 nitrogen and oxygen atoms in total. The molecule has 1 heterocycles. The van der Waals surface area contributed by atoms with Crippen LogP contribution in [0.2, 0.25) is 0 Å². The molecule has 0 radical (unpaired) electrons. The lowest BCUT2D eigenvalue weighted by Crippen LogP contribution is -2.50. The first-order valence-corrected chi connectivity index (χ1v) is 9.81. The average molecular weight is 364 g/mol. The Hall–Kier alpha value is -2.17. The zero-order chi connectivity index (χ0) is 19.1. The summed E-state index contributed by atoms with van der Waals surface area (Å²) in [6.07, 6.45) is 1.17. The van der Waals surface area contributed by atoms with Crippen molar-refractivity contribution in [2.45, 2.75) is 49.7 Å². The minimum Gasteiger partial charge on any atom is -0.390 e. The number of aliphatic hydroxyl groups is 1. The first-order valence-electron chi connectivity index (χ1n) is 9.81. The monoisotopic (exact) mass is 364 g/mol. The van der Waals surface area contributed by atoms with Gasteiger partial charge in [0.2, 0.25) is 5.91 Å². The topological polar surface area (TPSA) is 61.4 Å². The third-order valence-electron chi connectivity index (χ3n) is 6.56. The van der Waals surface area contributed by atoms with Gasteiger partial charge in [0, 0.05) is 5.41 Å². The van der Waals surface area contributed by atoms with E-state index >= 15 is 0 Å². The summed E-state index contributed by atoms with van der Waals surface area (Å²) < 4.78 is 0. The summed E-state index contributed by atoms with van der Waals surface area (Å²) in [7, 11) is 0. The van der Waals surface area contributed by atoms with Crippen LogP contribution < -0.4 is 10.6 Å². The lowest BCUT2D eigenvalue weighted by Gasteiger charge is -2.39. The Morgan fingerprint density at radius 3 is 2.41 bits per heavy atom. The fourth-order valence-corrected chi connectivity index (χ4v) is 4.77. The summed E-state index contributed by atoms with van der Waals surface area (Å²) >= 11 is 0. The minimum absolute atomic E-state index is 0.0569. The lowest BCUT2D eigenvalue weighted by molar-refractivity contribution is -0.127. The molecule has 1 amide bonds. The van der Waals surface area contributed by atoms with Crippen LogP contribution in [0.1, 0.15) is 49.4 Å². The molecule has 2 aromatic rings. The van der Waals surface area contributed by atoms with Gasteiger partial charge < -0.3 is 15.7 Å². The summed E-state index contributed by atoms with van der Waals surface area (Å²) in [6, 6.07) is 17.7. The maximum atomic E-state index is 13.2. The average Bonchev–Trinajstić information content (AvgIpc) is 2.92. The summed E-state index contributed by atoms with van der Waals surface area (Å²) in [5.41, 5.74) is 2.29. The number of fused-ring (bicyclic) bond motifs is 2. The highest BCUT2D eigenvalue weighted by Gasteiger charge is 2.52. The number of carbonyl (C=O) groups excluding carboxylic acids is 1. The van der Waals surface area contributed by atoms with Gasteiger partial charge in [0.25, 0.3) is 0 Å². The minimum atomic E-state index is -0.667. The van der Waals surface area contributed by atoms with Gasteiger partial charge >= 0.3 is 0 Å². The van der Waals surface area contributed by atoms with Crippen LogP contribution in [0.15, 0.2) is 54.6 Å². The molecule has 1 spiro atoms. The number of aliphatic hydroxyl groups excluding tert-OH is 1. The van der Waals surface area contributed by atoms with Crippen molar-refractivity contribution in [3.05, 3.63) is 71.3 Å². The zero-order valence-corrected chi connectivity index (χ0v) is 16.0. The first kappa shape index (κ1) is 18.2. The van der Waals surface area contributed by atoms with E-state index in [1.807, 2.05) is 56.3 Å². The van der Waals surface area contributed by atoms with Crippen molar-refractivity contribution >= 4 is 5.91 Å². The first-order chi connectivity index (χ1) is 13.0. The molecule has 27 heavy (non-hydrogen) atoms. The number of amides is 1. The Labute approximate surface area is 161 Å². The van der Waals surface area contributed by atoms with Crippen molar-refractivity contribution in [3.8, 4) is 0 Å². The predicted octanol–water partition coefficient (Wildman–Crippen LogP) is 2.82. The highest BCUT2D eigenvalue weighted by molar-refractivity contribution is 5.88. The van der Waals surface area contributed by atoms with E-state index in [2.05, 4.69) is 22.8 Å². The van der Waals surface area contributed by atoms with Crippen molar-refractivity contribution in [3.63, 3.8) is 0 Å². The van der Waals surface area contributed by atoms with E-state index < -0.39 is 11.5 Å². The Balaban J connectivity index is 1.65. The van der Waals surface area contributed by atoms with Gasteiger partial charge in [0.15, 0.2) is 0 Å². The second-order valence-corrected chi connectivity index (χ2v) is 8.38. The van der Waals surface area contributed by atoms with Gasteiger partial charge in [-0.1, -0.05) is 54.6 Å². The van der Waals surface area contributed by atoms with Gasteiger partial charge in [0.1, 0.15) is 0 Å². The molecule has 1 saturated heterocycles. The second-order valence-electron chi connectivity index (χ2n) is 8.38. The molecule has 2 atom stereocenters. The summed E-state index contributed by atoms with van der Waals surface area (Å²) in [4.78, 5) is 13.2. The van der Waals surface area contributed by atoms with Crippen LogP contribution in [0.4, 0.5) is 0 Å². The number of hydrogen-bond acceptors (Lipinski definition) is 3. The third-order valence-corrected chi connectivity index (χ3v) is 6.56. The molecule has 1 aliphatic carbocycles. The number of nitrogens with one attached hydrogen (secondary N) is 2. The molecule has 1 fully saturated rings. The van der Waals surface area contributed by atoms with Crippen LogP contribution in [0.3, 0.4) is 0 Å². The van der Waals surface area contributed by atoms with Crippen molar-refractivity contribution in [1.82, 2.24) is 10.6 Å². The van der Waals surface area contributed by atoms with E-state index in [0.717, 1.165) is 37.1 Å². The fourth-order valence-electron chi connectivity index (χ4n) is 4.77. The molecule has 4 heteroatoms. The fraction of sp³-hybridized carbons (Fsp3) is 0.435. The molecular weight excluding hydrogens is 336 g/mol. The number of benzene rings is 2. The summed E-state index contributed by atoms with van der Waals surface area (Å²) in [5, 5.41) is 17.9. The molecule has 3 N–H and O–H groups in total. The second kappa shape index (κ2) is 6.77. The number of carbonyl (C=O) groups is 1. The van der Waals surface area contributed by atoms with Gasteiger partial charge in [0.05, 0.1) is 17.6 Å². The van der Waals surface area contributed by atoms with E-state index in [1.165, 1.54) is 5.56 Å². The maximum absolute atomic E-state index is 13.2. The van der Waals surface area contributed by atoms with E-state index in [0.29, 0.717) is 0 Å². The molecule has 142 valence electrons.